The van der Waals surface area contributed by atoms with Crippen molar-refractivity contribution in [2.24, 2.45) is 5.10 Å². The van der Waals surface area contributed by atoms with Crippen molar-refractivity contribution in [3.63, 3.8) is 0 Å². The van der Waals surface area contributed by atoms with Crippen molar-refractivity contribution in [1.82, 2.24) is 15.6 Å². The van der Waals surface area contributed by atoms with Crippen LogP contribution in [0.4, 0.5) is 0 Å². The topological polar surface area (TPSA) is 67.2 Å². The van der Waals surface area contributed by atoms with Crippen LogP contribution in [0.1, 0.15) is 16.0 Å². The van der Waals surface area contributed by atoms with Crippen LogP contribution in [0.15, 0.2) is 67.7 Å². The molecule has 1 amide bonds. The van der Waals surface area contributed by atoms with Crippen molar-refractivity contribution in [2.75, 3.05) is 5.75 Å². The highest BCUT2D eigenvalue weighted by atomic mass is 32.2. The lowest BCUT2D eigenvalue weighted by Crippen LogP contribution is -2.19. The molecule has 0 saturated heterocycles. The Morgan fingerprint density at radius 2 is 1.90 bits per heavy atom. The van der Waals surface area contributed by atoms with E-state index in [0.29, 0.717) is 0 Å². The van der Waals surface area contributed by atoms with Crippen molar-refractivity contribution in [1.29, 1.82) is 0 Å². The Labute approximate surface area is 191 Å². The van der Waals surface area contributed by atoms with Gasteiger partial charge >= 0.3 is 0 Å². The minimum atomic E-state index is -0.161. The number of hydrogen-bond donors (Lipinski definition) is 1. The molecule has 2 aromatic heterocycles. The zero-order valence-corrected chi connectivity index (χ0v) is 19.3. The molecule has 5 nitrogen and oxygen atoms in total. The Bertz CT molecular complexity index is 1180. The zero-order chi connectivity index (χ0) is 20.8. The van der Waals surface area contributed by atoms with Crippen molar-refractivity contribution in [3.8, 4) is 0 Å². The molecular weight excluding hydrogens is 453 g/mol. The van der Waals surface area contributed by atoms with Gasteiger partial charge in [-0.15, -0.1) is 21.5 Å². The standard InChI is InChI=1S/C21H18N4OS4/c1-14-9-10-27-18(14)11-22-23-19(26)13-29-21-25-24-20(30-21)28-12-16-7-4-6-15-5-2-3-8-17(15)16/h2-11H,12-13H2,1H3,(H,23,26). The molecule has 0 radical (unpaired) electrons. The first kappa shape index (κ1) is 21.0. The normalized spacial score (nSPS) is 11.4. The number of carbonyl (C=O) groups is 1. The van der Waals surface area contributed by atoms with Crippen molar-refractivity contribution in [3.05, 3.63) is 69.9 Å². The average molecular weight is 471 g/mol. The lowest BCUT2D eigenvalue weighted by atomic mass is 10.1. The molecule has 0 aliphatic rings. The third-order valence-corrected chi connectivity index (χ3v) is 8.41. The van der Waals surface area contributed by atoms with Gasteiger partial charge in [-0.1, -0.05) is 77.3 Å². The van der Waals surface area contributed by atoms with Gasteiger partial charge in [0.05, 0.1) is 12.0 Å². The van der Waals surface area contributed by atoms with Crippen LogP contribution in [-0.4, -0.2) is 28.1 Å². The number of thioether (sulfide) groups is 2. The van der Waals surface area contributed by atoms with Crippen molar-refractivity contribution in [2.45, 2.75) is 21.4 Å². The molecule has 0 unspecified atom stereocenters. The molecule has 0 aliphatic carbocycles. The van der Waals surface area contributed by atoms with E-state index in [9.17, 15) is 4.79 Å². The summed E-state index contributed by atoms with van der Waals surface area (Å²) in [5.74, 6) is 0.923. The van der Waals surface area contributed by atoms with E-state index in [0.717, 1.165) is 24.9 Å². The number of fused-ring (bicyclic) bond motifs is 1. The fourth-order valence-electron chi connectivity index (χ4n) is 2.71. The number of aryl methyl sites for hydroxylation is 1. The zero-order valence-electron chi connectivity index (χ0n) is 16.1. The third-order valence-electron chi connectivity index (χ3n) is 4.22. The van der Waals surface area contributed by atoms with Gasteiger partial charge in [-0.3, -0.25) is 4.79 Å². The van der Waals surface area contributed by atoms with E-state index >= 15 is 0 Å². The average Bonchev–Trinajstić information content (AvgIpc) is 3.39. The molecule has 4 rings (SSSR count). The van der Waals surface area contributed by atoms with Gasteiger partial charge < -0.3 is 0 Å². The summed E-state index contributed by atoms with van der Waals surface area (Å²) in [6.45, 7) is 2.01. The molecule has 9 heteroatoms. The summed E-state index contributed by atoms with van der Waals surface area (Å²) < 4.78 is 1.68. The van der Waals surface area contributed by atoms with Gasteiger partial charge in [-0.25, -0.2) is 5.43 Å². The molecule has 2 aromatic carbocycles. The largest absolute Gasteiger partial charge is 0.272 e. The van der Waals surface area contributed by atoms with E-state index < -0.39 is 0 Å². The van der Waals surface area contributed by atoms with E-state index in [4.69, 9.17) is 0 Å². The van der Waals surface area contributed by atoms with Gasteiger partial charge in [-0.2, -0.15) is 5.10 Å². The quantitative estimate of drug-likeness (QED) is 0.206. The number of carbonyl (C=O) groups excluding carboxylic acids is 1. The minimum absolute atomic E-state index is 0.161. The van der Waals surface area contributed by atoms with E-state index in [1.54, 1.807) is 29.3 Å². The number of hydrazone groups is 1. The molecule has 30 heavy (non-hydrogen) atoms. The first-order valence-electron chi connectivity index (χ1n) is 9.11. The van der Waals surface area contributed by atoms with Crippen molar-refractivity contribution < 1.29 is 4.79 Å². The number of amides is 1. The summed E-state index contributed by atoms with van der Waals surface area (Å²) in [4.78, 5) is 13.0. The Morgan fingerprint density at radius 1 is 1.10 bits per heavy atom. The maximum Gasteiger partial charge on any atom is 0.250 e. The molecule has 4 aromatic rings. The number of thiophene rings is 1. The lowest BCUT2D eigenvalue weighted by molar-refractivity contribution is -0.118. The van der Waals surface area contributed by atoms with Crippen LogP contribution in [0, 0.1) is 6.92 Å². The van der Waals surface area contributed by atoms with Crippen LogP contribution in [-0.2, 0) is 10.5 Å². The number of nitrogens with one attached hydrogen (secondary N) is 1. The fraction of sp³-hybridized carbons (Fsp3) is 0.143. The van der Waals surface area contributed by atoms with E-state index in [2.05, 4.69) is 63.2 Å². The Morgan fingerprint density at radius 3 is 2.73 bits per heavy atom. The molecule has 0 fully saturated rings. The first-order valence-corrected chi connectivity index (χ1v) is 12.8. The van der Waals surface area contributed by atoms with Crippen LogP contribution in [0.2, 0.25) is 0 Å². The fourth-order valence-corrected chi connectivity index (χ4v) is 6.31. The monoisotopic (exact) mass is 470 g/mol. The molecule has 152 valence electrons. The highest BCUT2D eigenvalue weighted by Gasteiger charge is 2.09. The molecule has 0 atom stereocenters. The number of benzene rings is 2. The van der Waals surface area contributed by atoms with E-state index in [1.807, 2.05) is 18.4 Å². The predicted molar refractivity (Wildman–Crippen MR) is 129 cm³/mol. The lowest BCUT2D eigenvalue weighted by Gasteiger charge is -2.04. The SMILES string of the molecule is Cc1ccsc1C=NNC(=O)CSc1nnc(SCc2cccc3ccccc23)s1. The second kappa shape index (κ2) is 10.2. The summed E-state index contributed by atoms with van der Waals surface area (Å²) in [6, 6.07) is 16.8. The van der Waals surface area contributed by atoms with Gasteiger partial charge in [0, 0.05) is 10.6 Å². The van der Waals surface area contributed by atoms with Gasteiger partial charge in [0.15, 0.2) is 8.68 Å². The molecule has 0 bridgehead atoms. The van der Waals surface area contributed by atoms with Gasteiger partial charge in [0.1, 0.15) is 0 Å². The molecular formula is C21H18N4OS4. The summed E-state index contributed by atoms with van der Waals surface area (Å²) in [7, 11) is 0. The molecule has 0 aliphatic heterocycles. The van der Waals surface area contributed by atoms with Gasteiger partial charge in [-0.05, 0) is 40.3 Å². The smallest absolute Gasteiger partial charge is 0.250 e. The summed E-state index contributed by atoms with van der Waals surface area (Å²) in [5, 5.41) is 17.0. The van der Waals surface area contributed by atoms with Gasteiger partial charge in [0.25, 0.3) is 5.91 Å². The number of rotatable bonds is 8. The van der Waals surface area contributed by atoms with Crippen LogP contribution in [0.3, 0.4) is 0 Å². The van der Waals surface area contributed by atoms with E-state index in [1.165, 1.54) is 39.4 Å². The van der Waals surface area contributed by atoms with E-state index in [-0.39, 0.29) is 11.7 Å². The second-order valence-electron chi connectivity index (χ2n) is 6.31. The number of nitrogens with zero attached hydrogens (tertiary/aromatic N) is 3. The van der Waals surface area contributed by atoms with Crippen LogP contribution in [0.25, 0.3) is 10.8 Å². The van der Waals surface area contributed by atoms with Crippen LogP contribution < -0.4 is 5.43 Å². The minimum Gasteiger partial charge on any atom is -0.272 e. The molecule has 0 spiro atoms. The predicted octanol–water partition coefficient (Wildman–Crippen LogP) is 5.60. The molecule has 2 heterocycles. The molecule has 0 saturated carbocycles. The maximum atomic E-state index is 12.0. The first-order chi connectivity index (χ1) is 14.7. The number of hydrogen-bond acceptors (Lipinski definition) is 8. The summed E-state index contributed by atoms with van der Waals surface area (Å²) in [5.41, 5.74) is 4.98. The Balaban J connectivity index is 1.26. The highest BCUT2D eigenvalue weighted by Crippen LogP contribution is 2.32. The third kappa shape index (κ3) is 5.48. The number of aromatic nitrogens is 2. The summed E-state index contributed by atoms with van der Waals surface area (Å²) >= 11 is 6.14. The maximum absolute atomic E-state index is 12.0. The molecule has 1 N–H and O–H groups in total. The van der Waals surface area contributed by atoms with Gasteiger partial charge in [0.2, 0.25) is 0 Å². The highest BCUT2D eigenvalue weighted by molar-refractivity contribution is 8.03. The van der Waals surface area contributed by atoms with Crippen LogP contribution in [0.5, 0.6) is 0 Å². The second-order valence-corrected chi connectivity index (χ2v) is 10.7. The van der Waals surface area contributed by atoms with Crippen molar-refractivity contribution >= 4 is 69.1 Å². The Kier molecular flexibility index (Phi) is 7.16. The summed E-state index contributed by atoms with van der Waals surface area (Å²) in [6.07, 6.45) is 1.68. The Hall–Kier alpha value is -2.20. The van der Waals surface area contributed by atoms with Crippen LogP contribution >= 0.6 is 46.2 Å².